The lowest BCUT2D eigenvalue weighted by molar-refractivity contribution is -0.266. The van der Waals surface area contributed by atoms with Crippen molar-refractivity contribution in [3.63, 3.8) is 0 Å². The molecule has 0 radical (unpaired) electrons. The Hall–Kier alpha value is -4.59. The maximum Gasteiger partial charge on any atom is 0.312 e. The molecule has 50 heavy (non-hydrogen) atoms. The zero-order valence-corrected chi connectivity index (χ0v) is 29.6. The fraction of sp³-hybridized carbons (Fsp3) is 0.486. The zero-order valence-electron chi connectivity index (χ0n) is 29.6. The molecule has 0 saturated carbocycles. The summed E-state index contributed by atoms with van der Waals surface area (Å²) in [5, 5.41) is 60.3. The van der Waals surface area contributed by atoms with Crippen LogP contribution in [0.1, 0.15) is 57.5 Å². The number of phenolic OH excluding ortho intramolecular Hbond substituents is 2. The van der Waals surface area contributed by atoms with Crippen molar-refractivity contribution in [2.75, 3.05) is 19.5 Å². The van der Waals surface area contributed by atoms with Gasteiger partial charge in [0.15, 0.2) is 0 Å². The van der Waals surface area contributed by atoms with Crippen LogP contribution >= 0.6 is 0 Å². The Morgan fingerprint density at radius 3 is 2.26 bits per heavy atom. The number of nitrogens with one attached hydrogen (secondary N) is 1. The highest BCUT2D eigenvalue weighted by Crippen LogP contribution is 2.53. The number of fused-ring (bicyclic) bond motifs is 14. The summed E-state index contributed by atoms with van der Waals surface area (Å²) in [6.45, 7) is 11.0. The number of hydrogen-bond donors (Lipinski definition) is 5. The Balaban J connectivity index is 1.88. The Bertz CT molecular complexity index is 1760. The predicted octanol–water partition coefficient (Wildman–Crippen LogP) is 3.98. The normalized spacial score (nSPS) is 30.9. The van der Waals surface area contributed by atoms with Gasteiger partial charge in [-0.25, -0.2) is 0 Å². The van der Waals surface area contributed by atoms with Gasteiger partial charge in [0.1, 0.15) is 17.2 Å². The van der Waals surface area contributed by atoms with Crippen molar-refractivity contribution in [3.05, 3.63) is 53.3 Å². The van der Waals surface area contributed by atoms with Gasteiger partial charge in [-0.3, -0.25) is 14.4 Å². The molecule has 2 aromatic rings. The molecule has 5 N–H and O–H groups in total. The van der Waals surface area contributed by atoms with E-state index in [1.165, 1.54) is 53.4 Å². The quantitative estimate of drug-likeness (QED) is 0.172. The van der Waals surface area contributed by atoms with Gasteiger partial charge >= 0.3 is 11.8 Å². The van der Waals surface area contributed by atoms with Crippen molar-refractivity contribution in [1.82, 2.24) is 0 Å². The van der Waals surface area contributed by atoms with E-state index in [2.05, 4.69) is 5.32 Å². The molecular weight excluding hydrogens is 650 g/mol. The number of aliphatic hydroxyl groups is 2. The molecule has 0 fully saturated rings. The Kier molecular flexibility index (Phi) is 11.2. The van der Waals surface area contributed by atoms with Gasteiger partial charge in [0.25, 0.3) is 11.7 Å². The summed E-state index contributed by atoms with van der Waals surface area (Å²) >= 11 is 0. The van der Waals surface area contributed by atoms with Gasteiger partial charge in [0, 0.05) is 48.3 Å². The monoisotopic (exact) mass is 696 g/mol. The molecule has 5 rings (SSSR count). The van der Waals surface area contributed by atoms with Crippen LogP contribution in [0.2, 0.25) is 0 Å². The number of rotatable bonds is 2. The first-order valence-corrected chi connectivity index (χ1v) is 16.3. The lowest BCUT2D eigenvalue weighted by Gasteiger charge is -2.37. The minimum atomic E-state index is -2.02. The van der Waals surface area contributed by atoms with Crippen molar-refractivity contribution in [1.29, 1.82) is 0 Å². The fourth-order valence-electron chi connectivity index (χ4n) is 6.83. The average Bonchev–Trinajstić information content (AvgIpc) is 3.34. The molecule has 0 spiro atoms. The molecule has 0 aromatic heterocycles. The molecule has 5 bridgehead atoms. The van der Waals surface area contributed by atoms with Gasteiger partial charge in [-0.2, -0.15) is 0 Å². The standard InChI is InChI=1S/C37H47NO12/c1-16-11-10-12-17(2)35(45)38-22-15-23(39)26-27(32(22)43)31(42)21(6)33-28(26)34(44)37(7,50-33)49-14-13-24(47-8)18(3)25(36(46)48-9)19(4)30(41)20(5)29(16)40/h10-16,18-20,24-25,29-30,39-43H,1-9H3,(H,38,45)/p-1. The molecule has 0 saturated heterocycles. The molecule has 272 valence electrons. The highest BCUT2D eigenvalue weighted by molar-refractivity contribution is 6.21. The number of carbonyl (C=O) groups excluding carboxylic acids is 3. The lowest BCUT2D eigenvalue weighted by Crippen LogP contribution is -2.45. The van der Waals surface area contributed by atoms with E-state index in [1.54, 1.807) is 39.8 Å². The number of allylic oxidation sites excluding steroid dienone is 2. The maximum absolute atomic E-state index is 13.9. The summed E-state index contributed by atoms with van der Waals surface area (Å²) in [6.07, 6.45) is 4.31. The van der Waals surface area contributed by atoms with Crippen molar-refractivity contribution in [2.24, 2.45) is 29.6 Å². The van der Waals surface area contributed by atoms with Gasteiger partial charge < -0.3 is 49.8 Å². The number of anilines is 1. The highest BCUT2D eigenvalue weighted by Gasteiger charge is 2.49. The average molecular weight is 697 g/mol. The number of carbonyl (C=O) groups is 3. The van der Waals surface area contributed by atoms with Gasteiger partial charge in [-0.15, -0.1) is 0 Å². The number of Topliss-reactive ketones (excluding diaryl/α,β-unsaturated/α-hetero) is 1. The van der Waals surface area contributed by atoms with Gasteiger partial charge in [0.2, 0.25) is 0 Å². The van der Waals surface area contributed by atoms with Crippen LogP contribution in [0.5, 0.6) is 23.0 Å². The maximum atomic E-state index is 13.9. The van der Waals surface area contributed by atoms with E-state index >= 15 is 0 Å². The third kappa shape index (κ3) is 6.77. The molecule has 9 atom stereocenters. The number of benzene rings is 2. The van der Waals surface area contributed by atoms with Gasteiger partial charge in [-0.1, -0.05) is 51.7 Å². The minimum Gasteiger partial charge on any atom is -0.872 e. The number of esters is 1. The predicted molar refractivity (Wildman–Crippen MR) is 182 cm³/mol. The summed E-state index contributed by atoms with van der Waals surface area (Å²) in [5.74, 6) is -9.57. The summed E-state index contributed by atoms with van der Waals surface area (Å²) in [7, 11) is 2.65. The van der Waals surface area contributed by atoms with Crippen LogP contribution in [0.15, 0.2) is 42.2 Å². The number of methoxy groups -OCH3 is 2. The topological polar surface area (TPSA) is 204 Å². The Morgan fingerprint density at radius 1 is 0.980 bits per heavy atom. The molecule has 13 heteroatoms. The number of amides is 1. The number of hydrogen-bond acceptors (Lipinski definition) is 12. The number of ether oxygens (including phenoxy) is 4. The zero-order chi connectivity index (χ0) is 37.4. The second-order valence-corrected chi connectivity index (χ2v) is 13.4. The number of ketones is 1. The molecular formula is C37H46NO12-. The van der Waals surface area contributed by atoms with Crippen LogP contribution in [-0.4, -0.2) is 76.4 Å². The fourth-order valence-corrected chi connectivity index (χ4v) is 6.83. The van der Waals surface area contributed by atoms with Gasteiger partial charge in [0.05, 0.1) is 48.9 Å². The second-order valence-electron chi connectivity index (χ2n) is 13.4. The SMILES string of the molecule is COC(=O)C1C(C)C(OC)C=COC2(C)Oc3c(C)c([O-])c4c(O)c(cc(O)c4c3C2=O)NC(=O)C(C)=CC=CC(C)C(O)C(C)C(O)C1C. The number of phenols is 2. The molecule has 3 aliphatic rings. The summed E-state index contributed by atoms with van der Waals surface area (Å²) in [5.41, 5.74) is -0.311. The van der Waals surface area contributed by atoms with E-state index in [1.807, 2.05) is 0 Å². The van der Waals surface area contributed by atoms with Crippen LogP contribution in [0.4, 0.5) is 5.69 Å². The van der Waals surface area contributed by atoms with Crippen LogP contribution < -0.4 is 15.2 Å². The van der Waals surface area contributed by atoms with Crippen LogP contribution in [0.25, 0.3) is 10.8 Å². The van der Waals surface area contributed by atoms with E-state index < -0.39 is 88.6 Å². The molecule has 3 aliphatic heterocycles. The summed E-state index contributed by atoms with van der Waals surface area (Å²) < 4.78 is 22.5. The highest BCUT2D eigenvalue weighted by atomic mass is 16.7. The summed E-state index contributed by atoms with van der Waals surface area (Å²) in [4.78, 5) is 40.1. The molecule has 2 aromatic carbocycles. The van der Waals surface area contributed by atoms with Crippen molar-refractivity contribution >= 4 is 34.1 Å². The summed E-state index contributed by atoms with van der Waals surface area (Å²) in [6, 6.07) is 1.03. The second kappa shape index (κ2) is 14.7. The van der Waals surface area contributed by atoms with Crippen LogP contribution in [0, 0.1) is 36.5 Å². The van der Waals surface area contributed by atoms with Crippen LogP contribution in [0.3, 0.4) is 0 Å². The van der Waals surface area contributed by atoms with E-state index in [0.29, 0.717) is 0 Å². The van der Waals surface area contributed by atoms with E-state index in [-0.39, 0.29) is 38.9 Å². The van der Waals surface area contributed by atoms with Crippen molar-refractivity contribution in [3.8, 4) is 23.0 Å². The molecule has 9 unspecified atom stereocenters. The lowest BCUT2D eigenvalue weighted by atomic mass is 9.73. The first-order valence-electron chi connectivity index (χ1n) is 16.3. The molecule has 0 aliphatic carbocycles. The van der Waals surface area contributed by atoms with E-state index in [4.69, 9.17) is 18.9 Å². The van der Waals surface area contributed by atoms with Crippen LogP contribution in [-0.2, 0) is 23.8 Å². The van der Waals surface area contributed by atoms with Crippen molar-refractivity contribution < 1.29 is 58.9 Å². The number of aliphatic hydroxyl groups excluding tert-OH is 2. The minimum absolute atomic E-state index is 0.0375. The third-order valence-corrected chi connectivity index (χ3v) is 10.1. The molecule has 13 nitrogen and oxygen atoms in total. The molecule has 3 heterocycles. The third-order valence-electron chi connectivity index (χ3n) is 10.1. The van der Waals surface area contributed by atoms with E-state index in [0.717, 1.165) is 6.07 Å². The Labute approximate surface area is 290 Å². The number of aromatic hydroxyl groups is 2. The first kappa shape index (κ1) is 38.2. The largest absolute Gasteiger partial charge is 0.872 e. The van der Waals surface area contributed by atoms with Crippen molar-refractivity contribution in [2.45, 2.75) is 72.6 Å². The van der Waals surface area contributed by atoms with Gasteiger partial charge in [-0.05, 0) is 37.3 Å². The van der Waals surface area contributed by atoms with E-state index in [9.17, 15) is 39.9 Å². The Morgan fingerprint density at radius 2 is 1.64 bits per heavy atom. The smallest absolute Gasteiger partial charge is 0.312 e. The molecule has 1 amide bonds. The first-order chi connectivity index (χ1) is 23.4.